The van der Waals surface area contributed by atoms with Crippen LogP contribution in [0.1, 0.15) is 29.0 Å². The predicted octanol–water partition coefficient (Wildman–Crippen LogP) is -1.18. The van der Waals surface area contributed by atoms with Crippen molar-refractivity contribution in [3.05, 3.63) is 23.8 Å². The van der Waals surface area contributed by atoms with Gasteiger partial charge in [-0.2, -0.15) is 4.31 Å². The molecule has 0 radical (unpaired) electrons. The van der Waals surface area contributed by atoms with Crippen molar-refractivity contribution in [2.75, 3.05) is 32.6 Å². The number of carbonyl (C=O) groups excluding carboxylic acids is 2. The third-order valence-electron chi connectivity index (χ3n) is 4.81. The number of aromatic nitrogens is 2. The summed E-state index contributed by atoms with van der Waals surface area (Å²) >= 11 is 0. The first-order valence-corrected chi connectivity index (χ1v) is 10.5. The van der Waals surface area contributed by atoms with Gasteiger partial charge in [-0.15, -0.1) is 0 Å². The quantitative estimate of drug-likeness (QED) is 0.657. The molecule has 3 rings (SSSR count). The van der Waals surface area contributed by atoms with Gasteiger partial charge in [0.05, 0.1) is 23.7 Å². The van der Waals surface area contributed by atoms with Gasteiger partial charge in [0.25, 0.3) is 5.91 Å². The van der Waals surface area contributed by atoms with Gasteiger partial charge in [0.15, 0.2) is 0 Å². The highest BCUT2D eigenvalue weighted by molar-refractivity contribution is 7.88. The molecular formula is C16H23N5O5S. The molecule has 1 atom stereocenters. The molecule has 148 valence electrons. The number of sulfonamides is 1. The van der Waals surface area contributed by atoms with Crippen LogP contribution in [0, 0.1) is 6.92 Å². The van der Waals surface area contributed by atoms with Crippen molar-refractivity contribution >= 4 is 21.8 Å². The molecule has 11 heteroatoms. The van der Waals surface area contributed by atoms with E-state index in [9.17, 15) is 18.0 Å². The SMILES string of the molecule is Cc1cnc(C(=O)NC2CN(S(C)(=O)=O)CC3(CCOCC3)NC2=O)cn1. The molecule has 0 aromatic carbocycles. The molecule has 2 saturated heterocycles. The number of hydrogen-bond donors (Lipinski definition) is 2. The number of hydrogen-bond acceptors (Lipinski definition) is 7. The Morgan fingerprint density at radius 1 is 1.33 bits per heavy atom. The maximum Gasteiger partial charge on any atom is 0.272 e. The standard InChI is InChI=1S/C16H23N5O5S/c1-11-7-18-12(8-17-11)14(22)19-13-9-21(27(2,24)25)10-16(20-15(13)23)3-5-26-6-4-16/h7-8,13H,3-6,9-10H2,1-2H3,(H,19,22)(H,20,23). The Morgan fingerprint density at radius 2 is 2.04 bits per heavy atom. The van der Waals surface area contributed by atoms with Gasteiger partial charge < -0.3 is 15.4 Å². The zero-order valence-corrected chi connectivity index (χ0v) is 16.1. The molecule has 27 heavy (non-hydrogen) atoms. The van der Waals surface area contributed by atoms with Gasteiger partial charge in [0.2, 0.25) is 15.9 Å². The lowest BCUT2D eigenvalue weighted by molar-refractivity contribution is -0.125. The summed E-state index contributed by atoms with van der Waals surface area (Å²) in [5, 5.41) is 5.51. The molecule has 0 aliphatic carbocycles. The number of rotatable bonds is 3. The average Bonchev–Trinajstić information content (AvgIpc) is 2.73. The molecule has 1 unspecified atom stereocenters. The lowest BCUT2D eigenvalue weighted by Gasteiger charge is -2.38. The van der Waals surface area contributed by atoms with Crippen molar-refractivity contribution in [3.8, 4) is 0 Å². The van der Waals surface area contributed by atoms with Crippen molar-refractivity contribution in [1.82, 2.24) is 24.9 Å². The molecular weight excluding hydrogens is 374 g/mol. The topological polar surface area (TPSA) is 131 Å². The first kappa shape index (κ1) is 19.6. The molecule has 2 aliphatic rings. The smallest absolute Gasteiger partial charge is 0.272 e. The van der Waals surface area contributed by atoms with Crippen LogP contribution >= 0.6 is 0 Å². The van der Waals surface area contributed by atoms with Crippen LogP contribution in [0.3, 0.4) is 0 Å². The number of nitrogens with zero attached hydrogens (tertiary/aromatic N) is 3. The Morgan fingerprint density at radius 3 is 2.63 bits per heavy atom. The van der Waals surface area contributed by atoms with Crippen LogP contribution in [0.4, 0.5) is 0 Å². The molecule has 1 aromatic rings. The largest absolute Gasteiger partial charge is 0.381 e. The Balaban J connectivity index is 1.83. The number of carbonyl (C=O) groups is 2. The lowest BCUT2D eigenvalue weighted by Crippen LogP contribution is -2.58. The van der Waals surface area contributed by atoms with Gasteiger partial charge in [-0.3, -0.25) is 14.6 Å². The fraction of sp³-hybridized carbons (Fsp3) is 0.625. The van der Waals surface area contributed by atoms with E-state index in [0.29, 0.717) is 31.7 Å². The van der Waals surface area contributed by atoms with Gasteiger partial charge in [-0.25, -0.2) is 13.4 Å². The molecule has 2 fully saturated rings. The van der Waals surface area contributed by atoms with E-state index in [1.54, 1.807) is 6.92 Å². The van der Waals surface area contributed by atoms with Gasteiger partial charge in [-0.1, -0.05) is 0 Å². The normalized spacial score (nSPS) is 23.5. The number of nitrogens with one attached hydrogen (secondary N) is 2. The zero-order valence-electron chi connectivity index (χ0n) is 15.3. The van der Waals surface area contributed by atoms with Crippen LogP contribution in [-0.4, -0.2) is 78.6 Å². The summed E-state index contributed by atoms with van der Waals surface area (Å²) in [6.07, 6.45) is 4.87. The van der Waals surface area contributed by atoms with Gasteiger partial charge in [0.1, 0.15) is 11.7 Å². The van der Waals surface area contributed by atoms with Gasteiger partial charge in [-0.05, 0) is 19.8 Å². The third-order valence-corrected chi connectivity index (χ3v) is 6.02. The monoisotopic (exact) mass is 397 g/mol. The number of ether oxygens (including phenoxy) is 1. The van der Waals surface area contributed by atoms with Crippen LogP contribution in [-0.2, 0) is 19.6 Å². The highest BCUT2D eigenvalue weighted by Gasteiger charge is 2.44. The van der Waals surface area contributed by atoms with Crippen LogP contribution in [0.2, 0.25) is 0 Å². The maximum atomic E-state index is 12.8. The van der Waals surface area contributed by atoms with E-state index in [4.69, 9.17) is 4.74 Å². The highest BCUT2D eigenvalue weighted by atomic mass is 32.2. The maximum absolute atomic E-state index is 12.8. The molecule has 0 saturated carbocycles. The van der Waals surface area contributed by atoms with E-state index in [0.717, 1.165) is 6.26 Å². The van der Waals surface area contributed by atoms with Crippen LogP contribution in [0.25, 0.3) is 0 Å². The van der Waals surface area contributed by atoms with E-state index in [-0.39, 0.29) is 18.8 Å². The van der Waals surface area contributed by atoms with E-state index < -0.39 is 33.4 Å². The second-order valence-corrected chi connectivity index (χ2v) is 8.99. The second-order valence-electron chi connectivity index (χ2n) is 7.01. The van der Waals surface area contributed by atoms with Crippen molar-refractivity contribution in [1.29, 1.82) is 0 Å². The van der Waals surface area contributed by atoms with Crippen molar-refractivity contribution < 1.29 is 22.7 Å². The van der Waals surface area contributed by atoms with E-state index in [2.05, 4.69) is 20.6 Å². The van der Waals surface area contributed by atoms with Crippen molar-refractivity contribution in [2.24, 2.45) is 0 Å². The molecule has 2 amide bonds. The summed E-state index contributed by atoms with van der Waals surface area (Å²) in [5.74, 6) is -1.00. The van der Waals surface area contributed by atoms with Crippen molar-refractivity contribution in [2.45, 2.75) is 31.3 Å². The Kier molecular flexibility index (Phi) is 5.45. The van der Waals surface area contributed by atoms with E-state index in [1.165, 1.54) is 16.7 Å². The first-order valence-electron chi connectivity index (χ1n) is 8.63. The van der Waals surface area contributed by atoms with Crippen molar-refractivity contribution in [3.63, 3.8) is 0 Å². The van der Waals surface area contributed by atoms with Crippen LogP contribution in [0.15, 0.2) is 12.4 Å². The Labute approximate surface area is 157 Å². The second kappa shape index (κ2) is 7.49. The van der Waals surface area contributed by atoms with Gasteiger partial charge in [0, 0.05) is 32.5 Å². The molecule has 10 nitrogen and oxygen atoms in total. The number of aryl methyl sites for hydroxylation is 1. The van der Waals surface area contributed by atoms with E-state index in [1.807, 2.05) is 0 Å². The minimum atomic E-state index is -3.57. The highest BCUT2D eigenvalue weighted by Crippen LogP contribution is 2.25. The first-order chi connectivity index (χ1) is 12.7. The zero-order chi connectivity index (χ0) is 19.7. The Hall–Kier alpha value is -2.11. The fourth-order valence-corrected chi connectivity index (χ4v) is 4.13. The Bertz CT molecular complexity index is 820. The number of amides is 2. The summed E-state index contributed by atoms with van der Waals surface area (Å²) in [5.41, 5.74) is 0.0227. The fourth-order valence-electron chi connectivity index (χ4n) is 3.23. The third kappa shape index (κ3) is 4.60. The summed E-state index contributed by atoms with van der Waals surface area (Å²) < 4.78 is 31.0. The summed E-state index contributed by atoms with van der Waals surface area (Å²) in [6.45, 7) is 2.63. The molecule has 3 heterocycles. The molecule has 0 bridgehead atoms. The van der Waals surface area contributed by atoms with Gasteiger partial charge >= 0.3 is 0 Å². The predicted molar refractivity (Wildman–Crippen MR) is 95.4 cm³/mol. The summed E-state index contributed by atoms with van der Waals surface area (Å²) in [4.78, 5) is 33.2. The summed E-state index contributed by atoms with van der Waals surface area (Å²) in [7, 11) is -3.57. The van der Waals surface area contributed by atoms with Crippen LogP contribution < -0.4 is 10.6 Å². The minimum absolute atomic E-state index is 0.0596. The van der Waals surface area contributed by atoms with E-state index >= 15 is 0 Å². The van der Waals surface area contributed by atoms with Crippen LogP contribution in [0.5, 0.6) is 0 Å². The molecule has 1 aromatic heterocycles. The molecule has 1 spiro atoms. The minimum Gasteiger partial charge on any atom is -0.381 e. The molecule has 2 aliphatic heterocycles. The summed E-state index contributed by atoms with van der Waals surface area (Å²) in [6, 6.07) is -1.03. The average molecular weight is 397 g/mol. The lowest BCUT2D eigenvalue weighted by atomic mass is 9.90. The molecule has 2 N–H and O–H groups in total.